The minimum Gasteiger partial charge on any atom is -0.323 e. The van der Waals surface area contributed by atoms with Gasteiger partial charge in [0, 0.05) is 22.6 Å². The Morgan fingerprint density at radius 3 is 1.40 bits per heavy atom. The van der Waals surface area contributed by atoms with Gasteiger partial charge in [-0.3, -0.25) is 14.4 Å². The van der Waals surface area contributed by atoms with Gasteiger partial charge < -0.3 is 16.0 Å². The van der Waals surface area contributed by atoms with Crippen LogP contribution in [0.25, 0.3) is 0 Å². The first-order chi connectivity index (χ1) is 12.0. The molecule has 0 bridgehead atoms. The average molecular weight is 335 g/mol. The summed E-state index contributed by atoms with van der Waals surface area (Å²) < 4.78 is 0. The van der Waals surface area contributed by atoms with Gasteiger partial charge >= 0.3 is 0 Å². The van der Waals surface area contributed by atoms with Crippen LogP contribution < -0.4 is 16.0 Å². The highest BCUT2D eigenvalue weighted by Gasteiger charge is 2.07. The molecule has 2 rings (SSSR count). The summed E-state index contributed by atoms with van der Waals surface area (Å²) in [4.78, 5) is 34.6. The van der Waals surface area contributed by atoms with Crippen LogP contribution in [0, 0.1) is 0 Å². The van der Waals surface area contributed by atoms with Crippen molar-refractivity contribution in [3.8, 4) is 0 Å². The van der Waals surface area contributed by atoms with E-state index in [-0.39, 0.29) is 17.7 Å². The molecule has 0 aliphatic heterocycles. The third-order valence-electron chi connectivity index (χ3n) is 3.20. The van der Waals surface area contributed by atoms with Crippen molar-refractivity contribution >= 4 is 34.8 Å². The first kappa shape index (κ1) is 17.7. The van der Waals surface area contributed by atoms with Crippen molar-refractivity contribution in [2.75, 3.05) is 16.0 Å². The van der Waals surface area contributed by atoms with Crippen LogP contribution in [0.2, 0.25) is 0 Å². The van der Waals surface area contributed by atoms with Crippen molar-refractivity contribution in [1.82, 2.24) is 0 Å². The summed E-state index contributed by atoms with van der Waals surface area (Å²) in [6.07, 6.45) is 2.35. The standard InChI is InChI=1S/C19H17N3O3/c1-3-17(23)20-14-7-5-13(6-8-14)19(25)22-16-11-9-15(10-12-16)21-18(24)4-2/h3-12H,1-2H2,(H,20,23)(H,21,24)(H,22,25). The van der Waals surface area contributed by atoms with Gasteiger partial charge in [-0.05, 0) is 60.7 Å². The third-order valence-corrected chi connectivity index (χ3v) is 3.20. The topological polar surface area (TPSA) is 87.3 Å². The van der Waals surface area contributed by atoms with Gasteiger partial charge in [0.2, 0.25) is 11.8 Å². The molecule has 25 heavy (non-hydrogen) atoms. The number of benzene rings is 2. The summed E-state index contributed by atoms with van der Waals surface area (Å²) in [5, 5.41) is 7.97. The summed E-state index contributed by atoms with van der Waals surface area (Å²) in [5.41, 5.74) is 2.21. The van der Waals surface area contributed by atoms with Gasteiger partial charge in [0.15, 0.2) is 0 Å². The van der Waals surface area contributed by atoms with Crippen LogP contribution >= 0.6 is 0 Å². The highest BCUT2D eigenvalue weighted by molar-refractivity contribution is 6.05. The lowest BCUT2D eigenvalue weighted by Gasteiger charge is -2.08. The third kappa shape index (κ3) is 5.18. The van der Waals surface area contributed by atoms with E-state index in [2.05, 4.69) is 29.1 Å². The van der Waals surface area contributed by atoms with Crippen molar-refractivity contribution in [2.45, 2.75) is 0 Å². The van der Waals surface area contributed by atoms with Crippen LogP contribution in [0.4, 0.5) is 17.1 Å². The lowest BCUT2D eigenvalue weighted by Crippen LogP contribution is -2.13. The Kier molecular flexibility index (Phi) is 5.84. The largest absolute Gasteiger partial charge is 0.323 e. The molecule has 3 amide bonds. The molecule has 0 atom stereocenters. The molecule has 6 nitrogen and oxygen atoms in total. The molecule has 0 heterocycles. The molecule has 0 aliphatic rings. The fourth-order valence-electron chi connectivity index (χ4n) is 1.93. The fourth-order valence-corrected chi connectivity index (χ4v) is 1.93. The molecule has 6 heteroatoms. The second-order valence-electron chi connectivity index (χ2n) is 5.00. The van der Waals surface area contributed by atoms with E-state index in [9.17, 15) is 14.4 Å². The minimum absolute atomic E-state index is 0.288. The maximum atomic E-state index is 12.2. The predicted molar refractivity (Wildman–Crippen MR) is 98.5 cm³/mol. The normalized spacial score (nSPS) is 9.60. The number of carbonyl (C=O) groups is 3. The summed E-state index contributed by atoms with van der Waals surface area (Å²) in [6, 6.07) is 13.2. The van der Waals surface area contributed by atoms with Crippen molar-refractivity contribution in [1.29, 1.82) is 0 Å². The Morgan fingerprint density at radius 1 is 0.640 bits per heavy atom. The number of hydrogen-bond acceptors (Lipinski definition) is 3. The SMILES string of the molecule is C=CC(=O)Nc1ccc(NC(=O)c2ccc(NC(=O)C=C)cc2)cc1. The monoisotopic (exact) mass is 335 g/mol. The van der Waals surface area contributed by atoms with Gasteiger partial charge in [0.05, 0.1) is 0 Å². The van der Waals surface area contributed by atoms with Gasteiger partial charge in [-0.15, -0.1) is 0 Å². The molecule has 126 valence electrons. The van der Waals surface area contributed by atoms with Gasteiger partial charge in [-0.25, -0.2) is 0 Å². The van der Waals surface area contributed by atoms with E-state index in [4.69, 9.17) is 0 Å². The van der Waals surface area contributed by atoms with Crippen molar-refractivity contribution < 1.29 is 14.4 Å². The van der Waals surface area contributed by atoms with Crippen LogP contribution in [-0.2, 0) is 9.59 Å². The Hall–Kier alpha value is -3.67. The quantitative estimate of drug-likeness (QED) is 0.709. The molecule has 0 aliphatic carbocycles. The maximum absolute atomic E-state index is 12.2. The molecule has 0 radical (unpaired) electrons. The molecule has 0 fully saturated rings. The zero-order chi connectivity index (χ0) is 18.2. The summed E-state index contributed by atoms with van der Waals surface area (Å²) >= 11 is 0. The number of nitrogens with one attached hydrogen (secondary N) is 3. The molecule has 0 saturated heterocycles. The second kappa shape index (κ2) is 8.26. The van der Waals surface area contributed by atoms with E-state index in [0.717, 1.165) is 0 Å². The van der Waals surface area contributed by atoms with E-state index >= 15 is 0 Å². The zero-order valence-electron chi connectivity index (χ0n) is 13.4. The fraction of sp³-hybridized carbons (Fsp3) is 0. The highest BCUT2D eigenvalue weighted by atomic mass is 16.2. The van der Waals surface area contributed by atoms with E-state index in [1.807, 2.05) is 0 Å². The first-order valence-corrected chi connectivity index (χ1v) is 7.40. The Morgan fingerprint density at radius 2 is 1.00 bits per heavy atom. The van der Waals surface area contributed by atoms with Gasteiger partial charge in [0.25, 0.3) is 5.91 Å². The van der Waals surface area contributed by atoms with Gasteiger partial charge in [-0.1, -0.05) is 13.2 Å². The predicted octanol–water partition coefficient (Wildman–Crippen LogP) is 3.19. The molecule has 0 unspecified atom stereocenters. The molecule has 0 saturated carbocycles. The van der Waals surface area contributed by atoms with Gasteiger partial charge in [0.1, 0.15) is 0 Å². The zero-order valence-corrected chi connectivity index (χ0v) is 13.4. The summed E-state index contributed by atoms with van der Waals surface area (Å²) in [6.45, 7) is 6.75. The molecule has 2 aromatic rings. The van der Waals surface area contributed by atoms with Crippen LogP contribution in [0.1, 0.15) is 10.4 Å². The molecular weight excluding hydrogens is 318 g/mol. The Bertz CT molecular complexity index is 809. The molecule has 0 spiro atoms. The lowest BCUT2D eigenvalue weighted by molar-refractivity contribution is -0.112. The second-order valence-corrected chi connectivity index (χ2v) is 5.00. The average Bonchev–Trinajstić information content (AvgIpc) is 2.63. The lowest BCUT2D eigenvalue weighted by atomic mass is 10.2. The van der Waals surface area contributed by atoms with Crippen LogP contribution in [0.15, 0.2) is 73.8 Å². The summed E-state index contributed by atoms with van der Waals surface area (Å²) in [5.74, 6) is -0.911. The van der Waals surface area contributed by atoms with Crippen LogP contribution in [0.3, 0.4) is 0 Å². The van der Waals surface area contributed by atoms with Crippen LogP contribution in [-0.4, -0.2) is 17.7 Å². The van der Waals surface area contributed by atoms with Crippen molar-refractivity contribution in [2.24, 2.45) is 0 Å². The van der Waals surface area contributed by atoms with E-state index in [0.29, 0.717) is 22.6 Å². The van der Waals surface area contributed by atoms with E-state index in [1.54, 1.807) is 48.5 Å². The van der Waals surface area contributed by atoms with Gasteiger partial charge in [-0.2, -0.15) is 0 Å². The molecule has 0 aromatic heterocycles. The van der Waals surface area contributed by atoms with Crippen molar-refractivity contribution in [3.63, 3.8) is 0 Å². The first-order valence-electron chi connectivity index (χ1n) is 7.40. The number of carbonyl (C=O) groups excluding carboxylic acids is 3. The van der Waals surface area contributed by atoms with Crippen LogP contribution in [0.5, 0.6) is 0 Å². The number of hydrogen-bond donors (Lipinski definition) is 3. The molecular formula is C19H17N3O3. The van der Waals surface area contributed by atoms with E-state index < -0.39 is 0 Å². The smallest absolute Gasteiger partial charge is 0.255 e. The Labute approximate surface area is 145 Å². The summed E-state index contributed by atoms with van der Waals surface area (Å²) in [7, 11) is 0. The Balaban J connectivity index is 1.99. The minimum atomic E-state index is -0.319. The number of anilines is 3. The highest BCUT2D eigenvalue weighted by Crippen LogP contribution is 2.16. The maximum Gasteiger partial charge on any atom is 0.255 e. The van der Waals surface area contributed by atoms with E-state index in [1.165, 1.54) is 12.2 Å². The molecule has 2 aromatic carbocycles. The number of amides is 3. The van der Waals surface area contributed by atoms with Crippen molar-refractivity contribution in [3.05, 3.63) is 79.4 Å². The molecule has 3 N–H and O–H groups in total. The number of rotatable bonds is 6.